The second-order valence-electron chi connectivity index (χ2n) is 11.2. The number of allylic oxidation sites excluding steroid dienone is 1. The second kappa shape index (κ2) is 8.92. The maximum atomic E-state index is 13.0. The highest BCUT2D eigenvalue weighted by Gasteiger charge is 2.56. The SMILES string of the molecule is C=C1CCC2C(O)C(C3(C)CCC(O)CC3CCNc3cccc(C(F)(F)F)c3)CCC12C. The van der Waals surface area contributed by atoms with Gasteiger partial charge >= 0.3 is 6.18 Å². The Balaban J connectivity index is 1.46. The van der Waals surface area contributed by atoms with Gasteiger partial charge in [0.25, 0.3) is 0 Å². The van der Waals surface area contributed by atoms with Crippen molar-refractivity contribution in [2.75, 3.05) is 11.9 Å². The predicted molar refractivity (Wildman–Crippen MR) is 125 cm³/mol. The van der Waals surface area contributed by atoms with Crippen LogP contribution in [0.4, 0.5) is 18.9 Å². The van der Waals surface area contributed by atoms with Gasteiger partial charge in [-0.1, -0.05) is 32.1 Å². The van der Waals surface area contributed by atoms with E-state index in [1.165, 1.54) is 11.6 Å². The smallest absolute Gasteiger partial charge is 0.393 e. The Labute approximate surface area is 195 Å². The Morgan fingerprint density at radius 2 is 1.85 bits per heavy atom. The van der Waals surface area contributed by atoms with Crippen LogP contribution in [0.15, 0.2) is 36.4 Å². The first kappa shape index (κ1) is 24.6. The van der Waals surface area contributed by atoms with E-state index >= 15 is 0 Å². The van der Waals surface area contributed by atoms with Gasteiger partial charge in [-0.2, -0.15) is 13.2 Å². The zero-order chi connectivity index (χ0) is 24.0. The zero-order valence-corrected chi connectivity index (χ0v) is 19.8. The summed E-state index contributed by atoms with van der Waals surface area (Å²) in [5.41, 5.74) is 1.01. The normalized spacial score (nSPS) is 39.4. The number of nitrogens with one attached hydrogen (secondary N) is 1. The Morgan fingerprint density at radius 3 is 2.58 bits per heavy atom. The summed E-state index contributed by atoms with van der Waals surface area (Å²) in [4.78, 5) is 0. The first-order valence-electron chi connectivity index (χ1n) is 12.4. The number of benzene rings is 1. The molecule has 0 radical (unpaired) electrons. The lowest BCUT2D eigenvalue weighted by Crippen LogP contribution is -2.53. The van der Waals surface area contributed by atoms with E-state index in [0.717, 1.165) is 57.1 Å². The van der Waals surface area contributed by atoms with Gasteiger partial charge in [0, 0.05) is 12.2 Å². The molecule has 7 atom stereocenters. The van der Waals surface area contributed by atoms with Crippen molar-refractivity contribution in [1.82, 2.24) is 0 Å². The van der Waals surface area contributed by atoms with Crippen LogP contribution in [-0.2, 0) is 6.18 Å². The van der Waals surface area contributed by atoms with Crippen LogP contribution < -0.4 is 5.32 Å². The minimum Gasteiger partial charge on any atom is -0.393 e. The zero-order valence-electron chi connectivity index (χ0n) is 19.8. The molecule has 0 amide bonds. The van der Waals surface area contributed by atoms with Gasteiger partial charge in [0.1, 0.15) is 0 Å². The average Bonchev–Trinajstić information content (AvgIpc) is 3.06. The molecule has 4 rings (SSSR count). The summed E-state index contributed by atoms with van der Waals surface area (Å²) < 4.78 is 39.1. The van der Waals surface area contributed by atoms with Crippen LogP contribution in [0.2, 0.25) is 0 Å². The van der Waals surface area contributed by atoms with Gasteiger partial charge in [0.2, 0.25) is 0 Å². The lowest BCUT2D eigenvalue weighted by Gasteiger charge is -2.55. The maximum Gasteiger partial charge on any atom is 0.416 e. The molecule has 0 heterocycles. The fourth-order valence-corrected chi connectivity index (χ4v) is 7.26. The molecule has 6 heteroatoms. The molecule has 184 valence electrons. The Kier molecular flexibility index (Phi) is 6.65. The van der Waals surface area contributed by atoms with Crippen molar-refractivity contribution in [3.8, 4) is 0 Å². The molecule has 0 bridgehead atoms. The summed E-state index contributed by atoms with van der Waals surface area (Å²) in [6, 6.07) is 5.30. The molecule has 1 aromatic rings. The van der Waals surface area contributed by atoms with Gasteiger partial charge in [-0.25, -0.2) is 0 Å². The molecule has 0 spiro atoms. The maximum absolute atomic E-state index is 13.0. The van der Waals surface area contributed by atoms with Crippen molar-refractivity contribution in [1.29, 1.82) is 0 Å². The van der Waals surface area contributed by atoms with E-state index in [1.54, 1.807) is 6.07 Å². The van der Waals surface area contributed by atoms with Crippen LogP contribution in [0.5, 0.6) is 0 Å². The molecule has 0 aromatic heterocycles. The monoisotopic (exact) mass is 465 g/mol. The van der Waals surface area contributed by atoms with Gasteiger partial charge in [0.15, 0.2) is 0 Å². The van der Waals surface area contributed by atoms with E-state index in [4.69, 9.17) is 0 Å². The third-order valence-electron chi connectivity index (χ3n) is 9.55. The molecule has 3 fully saturated rings. The molecule has 0 aliphatic heterocycles. The molecule has 3 N–H and O–H groups in total. The van der Waals surface area contributed by atoms with Gasteiger partial charge in [0.05, 0.1) is 17.8 Å². The number of aliphatic hydroxyl groups excluding tert-OH is 2. The fourth-order valence-electron chi connectivity index (χ4n) is 7.26. The second-order valence-corrected chi connectivity index (χ2v) is 11.2. The molecule has 1 aromatic carbocycles. The molecular weight excluding hydrogens is 427 g/mol. The van der Waals surface area contributed by atoms with Crippen molar-refractivity contribution < 1.29 is 23.4 Å². The van der Waals surface area contributed by atoms with E-state index in [9.17, 15) is 23.4 Å². The van der Waals surface area contributed by atoms with E-state index in [2.05, 4.69) is 25.7 Å². The first-order valence-corrected chi connectivity index (χ1v) is 12.4. The van der Waals surface area contributed by atoms with Crippen molar-refractivity contribution >= 4 is 5.69 Å². The van der Waals surface area contributed by atoms with Gasteiger partial charge < -0.3 is 15.5 Å². The van der Waals surface area contributed by atoms with Crippen LogP contribution in [0.1, 0.15) is 70.8 Å². The highest BCUT2D eigenvalue weighted by molar-refractivity contribution is 5.46. The fraction of sp³-hybridized carbons (Fsp3) is 0.704. The number of rotatable bonds is 5. The minimum atomic E-state index is -4.36. The minimum absolute atomic E-state index is 0.0288. The molecule has 3 aliphatic carbocycles. The number of fused-ring (bicyclic) bond motifs is 1. The number of hydrogen-bond donors (Lipinski definition) is 3. The third-order valence-corrected chi connectivity index (χ3v) is 9.55. The van der Waals surface area contributed by atoms with Crippen LogP contribution in [0.25, 0.3) is 0 Å². The average molecular weight is 466 g/mol. The number of alkyl halides is 3. The Morgan fingerprint density at radius 1 is 1.09 bits per heavy atom. The summed E-state index contributed by atoms with van der Waals surface area (Å²) in [6.07, 6.45) is 1.94. The number of hydrogen-bond acceptors (Lipinski definition) is 3. The Bertz CT molecular complexity index is 871. The summed E-state index contributed by atoms with van der Waals surface area (Å²) in [6.45, 7) is 9.36. The quantitative estimate of drug-likeness (QED) is 0.440. The van der Waals surface area contributed by atoms with Crippen molar-refractivity contribution in [3.05, 3.63) is 42.0 Å². The molecular formula is C27H38F3NO2. The number of aliphatic hydroxyl groups is 2. The van der Waals surface area contributed by atoms with E-state index < -0.39 is 11.7 Å². The molecule has 3 nitrogen and oxygen atoms in total. The van der Waals surface area contributed by atoms with E-state index in [1.807, 2.05) is 0 Å². The van der Waals surface area contributed by atoms with Crippen molar-refractivity contribution in [3.63, 3.8) is 0 Å². The van der Waals surface area contributed by atoms with Crippen molar-refractivity contribution in [2.24, 2.45) is 28.6 Å². The summed E-state index contributed by atoms with van der Waals surface area (Å²) in [5.74, 6) is 0.622. The summed E-state index contributed by atoms with van der Waals surface area (Å²) >= 11 is 0. The summed E-state index contributed by atoms with van der Waals surface area (Å²) in [5, 5.41) is 25.1. The molecule has 0 saturated heterocycles. The number of anilines is 1. The molecule has 33 heavy (non-hydrogen) atoms. The molecule has 3 saturated carbocycles. The van der Waals surface area contributed by atoms with Gasteiger partial charge in [-0.15, -0.1) is 0 Å². The van der Waals surface area contributed by atoms with E-state index in [0.29, 0.717) is 18.7 Å². The Hall–Kier alpha value is -1.53. The standard InChI is InChI=1S/C27H38F3NO2/c1-17-7-8-22-24(33)23(10-13-25(17,22)2)26(3)12-9-21(32)16-18(26)11-14-31-20-6-4-5-19(15-20)27(28,29)30/h4-6,15,18,21-24,31-33H,1,7-14,16H2,2-3H3. The first-order chi connectivity index (χ1) is 15.4. The highest BCUT2D eigenvalue weighted by Crippen LogP contribution is 2.61. The molecule has 3 aliphatic rings. The lowest BCUT2D eigenvalue weighted by molar-refractivity contribution is -0.137. The summed E-state index contributed by atoms with van der Waals surface area (Å²) in [7, 11) is 0. The third kappa shape index (κ3) is 4.58. The van der Waals surface area contributed by atoms with Gasteiger partial charge in [-0.3, -0.25) is 0 Å². The topological polar surface area (TPSA) is 52.5 Å². The lowest BCUT2D eigenvalue weighted by atomic mass is 9.51. The van der Waals surface area contributed by atoms with Crippen LogP contribution in [-0.4, -0.2) is 29.0 Å². The van der Waals surface area contributed by atoms with Crippen LogP contribution in [0.3, 0.4) is 0 Å². The van der Waals surface area contributed by atoms with E-state index in [-0.39, 0.29) is 40.8 Å². The van der Waals surface area contributed by atoms with Crippen LogP contribution in [0, 0.1) is 28.6 Å². The number of halogens is 3. The largest absolute Gasteiger partial charge is 0.416 e. The highest BCUT2D eigenvalue weighted by atomic mass is 19.4. The van der Waals surface area contributed by atoms with Crippen LogP contribution >= 0.6 is 0 Å². The predicted octanol–water partition coefficient (Wildman–Crippen LogP) is 6.42. The molecule has 7 unspecified atom stereocenters. The van der Waals surface area contributed by atoms with Gasteiger partial charge in [-0.05, 0) is 98.1 Å². The van der Waals surface area contributed by atoms with Crippen molar-refractivity contribution in [2.45, 2.75) is 83.6 Å².